The van der Waals surface area contributed by atoms with Gasteiger partial charge in [-0.05, 0) is 56.1 Å². The van der Waals surface area contributed by atoms with Crippen LogP contribution in [0.1, 0.15) is 43.0 Å². The number of thioether (sulfide) groups is 1. The molecule has 1 amide bonds. The predicted octanol–water partition coefficient (Wildman–Crippen LogP) is 5.20. The number of pyridine rings is 1. The molecular formula is C34H35ClN8O4S2. The van der Waals surface area contributed by atoms with Gasteiger partial charge in [0.2, 0.25) is 5.91 Å². The molecule has 0 fully saturated rings. The number of unbranched alkanes of at least 4 members (excludes halogenated alkanes) is 1. The Morgan fingerprint density at radius 3 is 2.41 bits per heavy atom. The van der Waals surface area contributed by atoms with Crippen LogP contribution in [0.5, 0.6) is 5.75 Å². The lowest BCUT2D eigenvalue weighted by atomic mass is 9.97. The Balaban J connectivity index is 1.43. The number of aliphatic carboxylic acids is 1. The second kappa shape index (κ2) is 18.2. The molecule has 12 nitrogen and oxygen atoms in total. The minimum Gasteiger partial charge on any atom is -0.492 e. The van der Waals surface area contributed by atoms with Gasteiger partial charge in [0, 0.05) is 33.8 Å². The van der Waals surface area contributed by atoms with E-state index >= 15 is 0 Å². The van der Waals surface area contributed by atoms with Gasteiger partial charge in [0.15, 0.2) is 0 Å². The van der Waals surface area contributed by atoms with E-state index in [2.05, 4.69) is 27.8 Å². The van der Waals surface area contributed by atoms with Crippen molar-refractivity contribution in [2.24, 2.45) is 5.73 Å². The number of nitrogens with one attached hydrogen (secondary N) is 2. The van der Waals surface area contributed by atoms with Gasteiger partial charge in [0.25, 0.3) is 0 Å². The van der Waals surface area contributed by atoms with E-state index in [9.17, 15) is 20.1 Å². The van der Waals surface area contributed by atoms with E-state index in [0.29, 0.717) is 58.6 Å². The molecule has 0 bridgehead atoms. The quantitative estimate of drug-likeness (QED) is 0.0704. The number of carboxylic acids is 1. The summed E-state index contributed by atoms with van der Waals surface area (Å²) in [4.78, 5) is 32.9. The molecule has 0 aliphatic rings. The number of carbonyl (C=O) groups is 2. The first-order chi connectivity index (χ1) is 23.6. The number of thiazole rings is 1. The molecule has 0 aliphatic carbocycles. The lowest BCUT2D eigenvalue weighted by molar-refractivity contribution is -0.141. The molecule has 0 radical (unpaired) electrons. The third-order valence-electron chi connectivity index (χ3n) is 7.31. The number of halogens is 1. The summed E-state index contributed by atoms with van der Waals surface area (Å²) in [5.41, 5.74) is 14.9. The number of ether oxygens (including phenoxy) is 1. The summed E-state index contributed by atoms with van der Waals surface area (Å²) < 4.78 is 5.87. The number of carbonyl (C=O) groups excluding carboxylic acids is 1. The number of nitriles is 2. The molecule has 0 aliphatic heterocycles. The Morgan fingerprint density at radius 1 is 1.06 bits per heavy atom. The normalized spacial score (nSPS) is 12.0. The van der Waals surface area contributed by atoms with E-state index in [-0.39, 0.29) is 23.6 Å². The molecule has 4 aromatic rings. The molecule has 7 N–H and O–H groups in total. The van der Waals surface area contributed by atoms with Gasteiger partial charge in [-0.1, -0.05) is 54.0 Å². The molecular weight excluding hydrogens is 684 g/mol. The van der Waals surface area contributed by atoms with Crippen molar-refractivity contribution in [3.8, 4) is 39.6 Å². The Labute approximate surface area is 297 Å². The van der Waals surface area contributed by atoms with Crippen molar-refractivity contribution in [1.29, 1.82) is 10.5 Å². The maximum absolute atomic E-state index is 12.6. The summed E-state index contributed by atoms with van der Waals surface area (Å²) in [5.74, 6) is -0.530. The average Bonchev–Trinajstić information content (AvgIpc) is 3.57. The maximum Gasteiger partial charge on any atom is 0.325 e. The molecule has 49 heavy (non-hydrogen) atoms. The van der Waals surface area contributed by atoms with Crippen molar-refractivity contribution in [2.75, 3.05) is 25.4 Å². The molecule has 15 heteroatoms. The molecule has 2 atom stereocenters. The zero-order chi connectivity index (χ0) is 35.3. The van der Waals surface area contributed by atoms with Gasteiger partial charge in [0.1, 0.15) is 52.0 Å². The van der Waals surface area contributed by atoms with Gasteiger partial charge in [-0.3, -0.25) is 9.59 Å². The fraction of sp³-hybridized carbons (Fsp3) is 0.294. The van der Waals surface area contributed by atoms with Crippen LogP contribution >= 0.6 is 34.7 Å². The number of hydrogen-bond donors (Lipinski definition) is 5. The van der Waals surface area contributed by atoms with Crippen LogP contribution in [0.15, 0.2) is 58.9 Å². The summed E-state index contributed by atoms with van der Waals surface area (Å²) >= 11 is 8.83. The van der Waals surface area contributed by atoms with Crippen molar-refractivity contribution in [3.63, 3.8) is 0 Å². The number of nitrogens with two attached hydrogens (primary N) is 2. The zero-order valence-corrected chi connectivity index (χ0v) is 29.0. The minimum atomic E-state index is -1.12. The highest BCUT2D eigenvalue weighted by Gasteiger charge is 2.23. The van der Waals surface area contributed by atoms with Gasteiger partial charge < -0.3 is 31.9 Å². The number of aromatic nitrogens is 2. The highest BCUT2D eigenvalue weighted by molar-refractivity contribution is 7.98. The number of anilines is 1. The molecule has 0 saturated heterocycles. The van der Waals surface area contributed by atoms with Crippen LogP contribution in [0.4, 0.5) is 5.82 Å². The standard InChI is InChI=1S/C34H35ClN8O4S2/c1-20(34(45)46)41-31(44)28(4-2-3-13-36)40-14-15-47-25-11-7-21(8-12-25)29-26(16-37)30(39)43-33(27(29)17-38)49-19-24-18-48-32(42-24)22-5-9-23(35)10-6-22/h5-12,18,20,28,40H,2-4,13-15,19,36H2,1H3,(H2,39,43)(H,41,44)(H,45,46)/t20-,28+/m1/s1. The van der Waals surface area contributed by atoms with Crippen LogP contribution in [0.3, 0.4) is 0 Å². The van der Waals surface area contributed by atoms with Crippen molar-refractivity contribution in [2.45, 2.75) is 49.0 Å². The van der Waals surface area contributed by atoms with Gasteiger partial charge in [0.05, 0.1) is 17.3 Å². The summed E-state index contributed by atoms with van der Waals surface area (Å²) in [7, 11) is 0. The predicted molar refractivity (Wildman–Crippen MR) is 191 cm³/mol. The van der Waals surface area contributed by atoms with E-state index in [4.69, 9.17) is 37.9 Å². The van der Waals surface area contributed by atoms with Gasteiger partial charge in [-0.25, -0.2) is 9.97 Å². The van der Waals surface area contributed by atoms with Crippen LogP contribution in [-0.4, -0.2) is 58.7 Å². The SMILES string of the molecule is C[C@@H](NC(=O)[C@H](CCCCN)NCCOc1ccc(-c2c(C#N)c(N)nc(SCc3csc(-c4ccc(Cl)cc4)n3)c2C#N)cc1)C(=O)O. The monoisotopic (exact) mass is 718 g/mol. The molecule has 0 unspecified atom stereocenters. The number of benzene rings is 2. The van der Waals surface area contributed by atoms with Crippen LogP contribution in [0.2, 0.25) is 5.02 Å². The van der Waals surface area contributed by atoms with Crippen LogP contribution in [-0.2, 0) is 15.3 Å². The third-order valence-corrected chi connectivity index (χ3v) is 9.51. The summed E-state index contributed by atoms with van der Waals surface area (Å²) in [6, 6.07) is 17.0. The molecule has 2 aromatic heterocycles. The van der Waals surface area contributed by atoms with E-state index < -0.39 is 24.0 Å². The fourth-order valence-corrected chi connectivity index (χ4v) is 6.69. The third kappa shape index (κ3) is 10.2. The lowest BCUT2D eigenvalue weighted by Crippen LogP contribution is -2.50. The number of nitrogens with zero attached hydrogens (tertiary/aromatic N) is 4. The fourth-order valence-electron chi connectivity index (χ4n) is 4.75. The van der Waals surface area contributed by atoms with Gasteiger partial charge >= 0.3 is 5.97 Å². The minimum absolute atomic E-state index is 0.0216. The molecule has 254 valence electrons. The van der Waals surface area contributed by atoms with Crippen molar-refractivity contribution >= 4 is 52.4 Å². The van der Waals surface area contributed by atoms with Crippen LogP contribution in [0, 0.1) is 22.7 Å². The van der Waals surface area contributed by atoms with Crippen molar-refractivity contribution < 1.29 is 19.4 Å². The second-order valence-corrected chi connectivity index (χ2v) is 13.1. The number of hydrogen-bond acceptors (Lipinski definition) is 12. The van der Waals surface area contributed by atoms with Crippen molar-refractivity contribution in [3.05, 3.63) is 75.8 Å². The highest BCUT2D eigenvalue weighted by Crippen LogP contribution is 2.37. The van der Waals surface area contributed by atoms with E-state index in [1.807, 2.05) is 29.6 Å². The first-order valence-corrected chi connectivity index (χ1v) is 17.6. The molecule has 4 rings (SSSR count). The van der Waals surface area contributed by atoms with Crippen LogP contribution < -0.4 is 26.8 Å². The van der Waals surface area contributed by atoms with Crippen molar-refractivity contribution in [1.82, 2.24) is 20.6 Å². The molecule has 2 heterocycles. The highest BCUT2D eigenvalue weighted by atomic mass is 35.5. The number of nitrogen functional groups attached to an aromatic ring is 1. The van der Waals surface area contributed by atoms with Gasteiger partial charge in [-0.2, -0.15) is 10.5 Å². The van der Waals surface area contributed by atoms with E-state index in [0.717, 1.165) is 22.7 Å². The second-order valence-electron chi connectivity index (χ2n) is 10.8. The summed E-state index contributed by atoms with van der Waals surface area (Å²) in [5, 5.41) is 38.7. The van der Waals surface area contributed by atoms with E-state index in [1.165, 1.54) is 30.0 Å². The number of amides is 1. The lowest BCUT2D eigenvalue weighted by Gasteiger charge is -2.20. The Morgan fingerprint density at radius 2 is 1.76 bits per heavy atom. The van der Waals surface area contributed by atoms with Crippen LogP contribution in [0.25, 0.3) is 21.7 Å². The first kappa shape index (κ1) is 37.1. The average molecular weight is 719 g/mol. The molecule has 0 saturated carbocycles. The molecule has 2 aromatic carbocycles. The summed E-state index contributed by atoms with van der Waals surface area (Å²) in [6.45, 7) is 2.45. The Kier molecular flexibility index (Phi) is 13.8. The first-order valence-electron chi connectivity index (χ1n) is 15.3. The zero-order valence-electron chi connectivity index (χ0n) is 26.6. The maximum atomic E-state index is 12.6. The molecule has 0 spiro atoms. The Hall–Kier alpha value is -4.70. The van der Waals surface area contributed by atoms with E-state index in [1.54, 1.807) is 24.3 Å². The smallest absolute Gasteiger partial charge is 0.325 e. The Bertz CT molecular complexity index is 1840. The summed E-state index contributed by atoms with van der Waals surface area (Å²) in [6.07, 6.45) is 1.94. The number of rotatable bonds is 17. The topological polar surface area (TPSA) is 213 Å². The van der Waals surface area contributed by atoms with Gasteiger partial charge in [-0.15, -0.1) is 11.3 Å². The largest absolute Gasteiger partial charge is 0.492 e. The number of carboxylic acid groups (broad SMARTS) is 1.